The maximum Gasteiger partial charge on any atom is 0.108 e. The molecule has 0 aliphatic heterocycles. The zero-order valence-corrected chi connectivity index (χ0v) is 10.6. The predicted octanol–water partition coefficient (Wildman–Crippen LogP) is 3.15. The topological polar surface area (TPSA) is 40.7 Å². The second-order valence-corrected chi connectivity index (χ2v) is 5.09. The molecule has 2 N–H and O–H groups in total. The van der Waals surface area contributed by atoms with Crippen LogP contribution in [0.1, 0.15) is 25.2 Å². The van der Waals surface area contributed by atoms with Crippen molar-refractivity contribution >= 4 is 5.69 Å². The summed E-state index contributed by atoms with van der Waals surface area (Å²) in [6.07, 6.45) is 4.52. The first kappa shape index (κ1) is 11.7. The Labute approximate surface area is 102 Å². The molecule has 0 saturated heterocycles. The smallest absolute Gasteiger partial charge is 0.108 e. The van der Waals surface area contributed by atoms with E-state index >= 15 is 0 Å². The van der Waals surface area contributed by atoms with Crippen LogP contribution in [-0.4, -0.2) is 15.5 Å². The third-order valence-electron chi connectivity index (χ3n) is 2.67. The lowest BCUT2D eigenvalue weighted by Gasteiger charge is -2.27. The molecule has 3 heteroatoms. The number of nitrogens with zero attached hydrogens (tertiary/aromatic N) is 1. The van der Waals surface area contributed by atoms with Crippen molar-refractivity contribution < 1.29 is 0 Å². The number of H-pyrrole nitrogens is 1. The van der Waals surface area contributed by atoms with E-state index < -0.39 is 0 Å². The van der Waals surface area contributed by atoms with Crippen molar-refractivity contribution in [3.8, 4) is 0 Å². The lowest BCUT2D eigenvalue weighted by molar-refractivity contribution is 0.549. The molecule has 17 heavy (non-hydrogen) atoms. The van der Waals surface area contributed by atoms with Gasteiger partial charge in [-0.25, -0.2) is 4.98 Å². The summed E-state index contributed by atoms with van der Waals surface area (Å²) in [4.78, 5) is 7.40. The van der Waals surface area contributed by atoms with Gasteiger partial charge in [-0.1, -0.05) is 12.1 Å². The molecule has 3 nitrogen and oxygen atoms in total. The molecule has 2 aromatic rings. The largest absolute Gasteiger partial charge is 0.380 e. The Balaban J connectivity index is 2.06. The van der Waals surface area contributed by atoms with Gasteiger partial charge in [0.25, 0.3) is 0 Å². The van der Waals surface area contributed by atoms with E-state index in [0.717, 1.165) is 17.9 Å². The van der Waals surface area contributed by atoms with Crippen LogP contribution in [-0.2, 0) is 6.42 Å². The maximum atomic E-state index is 4.27. The quantitative estimate of drug-likeness (QED) is 0.845. The molecule has 0 amide bonds. The van der Waals surface area contributed by atoms with Crippen molar-refractivity contribution in [3.63, 3.8) is 0 Å². The Morgan fingerprint density at radius 1 is 1.35 bits per heavy atom. The first-order valence-electron chi connectivity index (χ1n) is 5.88. The van der Waals surface area contributed by atoms with Crippen LogP contribution in [0.5, 0.6) is 0 Å². The third kappa shape index (κ3) is 3.34. The molecule has 0 unspecified atom stereocenters. The second-order valence-electron chi connectivity index (χ2n) is 5.09. The number of aromatic amines is 1. The number of nitrogens with one attached hydrogen (secondary N) is 2. The monoisotopic (exact) mass is 229 g/mol. The van der Waals surface area contributed by atoms with E-state index in [1.165, 1.54) is 5.56 Å². The molecule has 0 aliphatic carbocycles. The fourth-order valence-electron chi connectivity index (χ4n) is 1.97. The van der Waals surface area contributed by atoms with Gasteiger partial charge < -0.3 is 10.3 Å². The fraction of sp³-hybridized carbons (Fsp3) is 0.357. The Morgan fingerprint density at radius 3 is 2.82 bits per heavy atom. The number of aromatic nitrogens is 2. The number of hydrogen-bond donors (Lipinski definition) is 2. The number of rotatable bonds is 4. The molecule has 0 spiro atoms. The average Bonchev–Trinajstić information content (AvgIpc) is 2.68. The number of hydrogen-bond acceptors (Lipinski definition) is 2. The third-order valence-corrected chi connectivity index (χ3v) is 2.67. The Morgan fingerprint density at radius 2 is 2.18 bits per heavy atom. The van der Waals surface area contributed by atoms with Crippen molar-refractivity contribution in [2.45, 2.75) is 32.7 Å². The molecule has 90 valence electrons. The average molecular weight is 229 g/mol. The van der Waals surface area contributed by atoms with Gasteiger partial charge in [-0.05, 0) is 38.5 Å². The van der Waals surface area contributed by atoms with Gasteiger partial charge in [0.15, 0.2) is 0 Å². The fourth-order valence-corrected chi connectivity index (χ4v) is 1.97. The Bertz CT molecular complexity index is 472. The minimum absolute atomic E-state index is 0.0222. The van der Waals surface area contributed by atoms with Gasteiger partial charge in [-0.3, -0.25) is 0 Å². The van der Waals surface area contributed by atoms with E-state index in [4.69, 9.17) is 0 Å². The number of anilines is 1. The minimum Gasteiger partial charge on any atom is -0.380 e. The molecule has 0 aliphatic rings. The summed E-state index contributed by atoms with van der Waals surface area (Å²) in [6.45, 7) is 6.46. The number of aryl methyl sites for hydroxylation is 1. The molecular formula is C14H19N3. The maximum absolute atomic E-state index is 4.27. The van der Waals surface area contributed by atoms with E-state index in [-0.39, 0.29) is 5.54 Å². The summed E-state index contributed by atoms with van der Waals surface area (Å²) >= 11 is 0. The van der Waals surface area contributed by atoms with Gasteiger partial charge in [0.1, 0.15) is 5.82 Å². The van der Waals surface area contributed by atoms with Crippen LogP contribution < -0.4 is 5.32 Å². The van der Waals surface area contributed by atoms with Gasteiger partial charge in [0.2, 0.25) is 0 Å². The molecule has 0 fully saturated rings. The summed E-state index contributed by atoms with van der Waals surface area (Å²) in [5.41, 5.74) is 2.40. The van der Waals surface area contributed by atoms with Crippen LogP contribution in [0.4, 0.5) is 5.69 Å². The zero-order chi connectivity index (χ0) is 12.3. The van der Waals surface area contributed by atoms with E-state index in [2.05, 4.69) is 60.3 Å². The highest BCUT2D eigenvalue weighted by molar-refractivity contribution is 5.47. The summed E-state index contributed by atoms with van der Waals surface area (Å²) in [5.74, 6) is 1.01. The van der Waals surface area contributed by atoms with Gasteiger partial charge >= 0.3 is 0 Å². The van der Waals surface area contributed by atoms with Crippen molar-refractivity contribution in [1.29, 1.82) is 0 Å². The molecule has 1 aromatic heterocycles. The SMILES string of the molecule is Cc1cccc(NC(C)(C)Cc2ncc[nH]2)c1. The highest BCUT2D eigenvalue weighted by Crippen LogP contribution is 2.18. The van der Waals surface area contributed by atoms with Crippen LogP contribution >= 0.6 is 0 Å². The molecule has 0 radical (unpaired) electrons. The molecule has 2 rings (SSSR count). The molecule has 0 saturated carbocycles. The summed E-state index contributed by atoms with van der Waals surface area (Å²) < 4.78 is 0. The Kier molecular flexibility index (Phi) is 3.18. The van der Waals surface area contributed by atoms with Crippen molar-refractivity contribution in [1.82, 2.24) is 9.97 Å². The first-order chi connectivity index (χ1) is 8.05. The van der Waals surface area contributed by atoms with Crippen molar-refractivity contribution in [2.24, 2.45) is 0 Å². The summed E-state index contributed by atoms with van der Waals surface area (Å²) in [6, 6.07) is 8.42. The molecule has 0 bridgehead atoms. The highest BCUT2D eigenvalue weighted by Gasteiger charge is 2.19. The van der Waals surface area contributed by atoms with Crippen LogP contribution in [0.15, 0.2) is 36.7 Å². The molecular weight excluding hydrogens is 210 g/mol. The highest BCUT2D eigenvalue weighted by atomic mass is 15.0. The summed E-state index contributed by atoms with van der Waals surface area (Å²) in [5, 5.41) is 3.54. The van der Waals surface area contributed by atoms with E-state index in [1.807, 2.05) is 6.20 Å². The standard InChI is InChI=1S/C14H19N3/c1-11-5-4-6-12(9-11)17-14(2,3)10-13-15-7-8-16-13/h4-9,17H,10H2,1-3H3,(H,15,16). The number of benzene rings is 1. The molecule has 0 atom stereocenters. The van der Waals surface area contributed by atoms with Crippen LogP contribution in [0.3, 0.4) is 0 Å². The summed E-state index contributed by atoms with van der Waals surface area (Å²) in [7, 11) is 0. The minimum atomic E-state index is -0.0222. The normalized spacial score (nSPS) is 11.5. The van der Waals surface area contributed by atoms with Crippen LogP contribution in [0.2, 0.25) is 0 Å². The lowest BCUT2D eigenvalue weighted by Crippen LogP contribution is -2.33. The zero-order valence-electron chi connectivity index (χ0n) is 10.6. The van der Waals surface area contributed by atoms with Crippen molar-refractivity contribution in [3.05, 3.63) is 48.0 Å². The Hall–Kier alpha value is -1.77. The van der Waals surface area contributed by atoms with Crippen molar-refractivity contribution in [2.75, 3.05) is 5.32 Å². The number of imidazole rings is 1. The van der Waals surface area contributed by atoms with Crippen LogP contribution in [0, 0.1) is 6.92 Å². The van der Waals surface area contributed by atoms with Gasteiger partial charge in [-0.2, -0.15) is 0 Å². The first-order valence-corrected chi connectivity index (χ1v) is 5.88. The van der Waals surface area contributed by atoms with Crippen LogP contribution in [0.25, 0.3) is 0 Å². The molecule has 1 heterocycles. The lowest BCUT2D eigenvalue weighted by atomic mass is 9.99. The van der Waals surface area contributed by atoms with Gasteiger partial charge in [-0.15, -0.1) is 0 Å². The molecule has 1 aromatic carbocycles. The van der Waals surface area contributed by atoms with E-state index in [0.29, 0.717) is 0 Å². The second kappa shape index (κ2) is 4.62. The van der Waals surface area contributed by atoms with Gasteiger partial charge in [0, 0.05) is 30.0 Å². The van der Waals surface area contributed by atoms with Gasteiger partial charge in [0.05, 0.1) is 0 Å². The van der Waals surface area contributed by atoms with E-state index in [1.54, 1.807) is 6.20 Å². The predicted molar refractivity (Wildman–Crippen MR) is 71.2 cm³/mol. The van der Waals surface area contributed by atoms with E-state index in [9.17, 15) is 0 Å².